The summed E-state index contributed by atoms with van der Waals surface area (Å²) in [5, 5.41) is 2.71. The van der Waals surface area contributed by atoms with Crippen molar-refractivity contribution in [1.82, 2.24) is 5.32 Å². The quantitative estimate of drug-likeness (QED) is 0.621. The van der Waals surface area contributed by atoms with Crippen LogP contribution in [0.25, 0.3) is 0 Å². The van der Waals surface area contributed by atoms with E-state index in [9.17, 15) is 4.79 Å². The summed E-state index contributed by atoms with van der Waals surface area (Å²) < 4.78 is 0. The Morgan fingerprint density at radius 2 is 2.31 bits per heavy atom. The number of hydrogen-bond donors (Lipinski definition) is 1. The van der Waals surface area contributed by atoms with Crippen molar-refractivity contribution >= 4 is 12.1 Å². The summed E-state index contributed by atoms with van der Waals surface area (Å²) in [4.78, 5) is 14.9. The van der Waals surface area contributed by atoms with Gasteiger partial charge in [0.2, 0.25) is 5.91 Å². The number of rotatable bonds is 6. The van der Waals surface area contributed by atoms with Gasteiger partial charge >= 0.3 is 0 Å². The highest BCUT2D eigenvalue weighted by Gasteiger charge is 1.97. The Kier molecular flexibility index (Phi) is 6.51. The highest BCUT2D eigenvalue weighted by molar-refractivity contribution is 5.76. The molecule has 0 aromatic rings. The number of carbonyl (C=O) groups is 1. The van der Waals surface area contributed by atoms with E-state index in [4.69, 9.17) is 0 Å². The summed E-state index contributed by atoms with van der Waals surface area (Å²) in [6.07, 6.45) is 4.53. The number of allylic oxidation sites excluding steroid dienone is 1. The monoisotopic (exact) mass is 180 g/mol. The molecule has 0 aromatic carbocycles. The van der Waals surface area contributed by atoms with Gasteiger partial charge in [0.25, 0.3) is 0 Å². The molecule has 0 heterocycles. The molecule has 0 unspecified atom stereocenters. The van der Waals surface area contributed by atoms with E-state index in [0.29, 0.717) is 18.7 Å². The van der Waals surface area contributed by atoms with Gasteiger partial charge in [-0.15, -0.1) is 0 Å². The molecule has 3 heteroatoms. The van der Waals surface area contributed by atoms with E-state index in [1.165, 1.54) is 0 Å². The molecular formula is C10H16N2O. The third-order valence-corrected chi connectivity index (χ3v) is 1.33. The van der Waals surface area contributed by atoms with E-state index in [2.05, 4.69) is 23.5 Å². The molecule has 0 spiro atoms. The van der Waals surface area contributed by atoms with Gasteiger partial charge in [0.15, 0.2) is 0 Å². The molecule has 0 saturated carbocycles. The van der Waals surface area contributed by atoms with Gasteiger partial charge in [-0.05, 0) is 6.42 Å². The molecule has 13 heavy (non-hydrogen) atoms. The zero-order chi connectivity index (χ0) is 10.1. The lowest BCUT2D eigenvalue weighted by Gasteiger charge is -2.02. The molecule has 3 nitrogen and oxygen atoms in total. The average Bonchev–Trinajstić information content (AvgIpc) is 2.12. The summed E-state index contributed by atoms with van der Waals surface area (Å²) in [6.45, 7) is 9.51. The SMILES string of the molecule is C=CC=NC(=C)CNC(=O)CCC. The minimum atomic E-state index is 0.0393. The minimum Gasteiger partial charge on any atom is -0.350 e. The number of hydrogen-bond acceptors (Lipinski definition) is 2. The van der Waals surface area contributed by atoms with Crippen LogP contribution in [0.5, 0.6) is 0 Å². The third kappa shape index (κ3) is 7.00. The van der Waals surface area contributed by atoms with E-state index < -0.39 is 0 Å². The molecule has 72 valence electrons. The summed E-state index contributed by atoms with van der Waals surface area (Å²) in [5.41, 5.74) is 0.629. The third-order valence-electron chi connectivity index (χ3n) is 1.33. The second kappa shape index (κ2) is 7.28. The van der Waals surface area contributed by atoms with Crippen molar-refractivity contribution in [3.8, 4) is 0 Å². The standard InChI is InChI=1S/C10H16N2O/c1-4-6-10(13)12-8-9(3)11-7-5-2/h5,7H,2-4,6,8H2,1H3,(H,12,13). The first-order valence-corrected chi connectivity index (χ1v) is 4.30. The van der Waals surface area contributed by atoms with Crippen LogP contribution in [-0.4, -0.2) is 18.7 Å². The summed E-state index contributed by atoms with van der Waals surface area (Å²) in [7, 11) is 0. The Balaban J connectivity index is 3.63. The second-order valence-corrected chi connectivity index (χ2v) is 2.61. The molecule has 0 fully saturated rings. The van der Waals surface area contributed by atoms with Crippen LogP contribution >= 0.6 is 0 Å². The van der Waals surface area contributed by atoms with Crippen molar-refractivity contribution in [3.63, 3.8) is 0 Å². The van der Waals surface area contributed by atoms with Crippen LogP contribution in [0.2, 0.25) is 0 Å². The van der Waals surface area contributed by atoms with E-state index in [1.807, 2.05) is 6.92 Å². The maximum absolute atomic E-state index is 11.0. The first-order chi connectivity index (χ1) is 6.20. The smallest absolute Gasteiger partial charge is 0.220 e. The van der Waals surface area contributed by atoms with Gasteiger partial charge in [-0.3, -0.25) is 9.79 Å². The maximum atomic E-state index is 11.0. The predicted molar refractivity (Wildman–Crippen MR) is 55.7 cm³/mol. The molecule has 0 radical (unpaired) electrons. The number of nitrogens with one attached hydrogen (secondary N) is 1. The van der Waals surface area contributed by atoms with Crippen LogP contribution in [0.3, 0.4) is 0 Å². The van der Waals surface area contributed by atoms with Gasteiger partial charge in [-0.2, -0.15) is 0 Å². The number of aliphatic imine (C=N–C) groups is 1. The molecule has 0 aliphatic carbocycles. The molecule has 0 rings (SSSR count). The van der Waals surface area contributed by atoms with Crippen molar-refractivity contribution in [2.75, 3.05) is 6.54 Å². The van der Waals surface area contributed by atoms with Crippen LogP contribution < -0.4 is 5.32 Å². The average molecular weight is 180 g/mol. The van der Waals surface area contributed by atoms with Gasteiger partial charge in [0, 0.05) is 12.6 Å². The molecule has 0 aliphatic heterocycles. The normalized spacial score (nSPS) is 9.92. The topological polar surface area (TPSA) is 41.5 Å². The Bertz CT molecular complexity index is 219. The number of nitrogens with zero attached hydrogens (tertiary/aromatic N) is 1. The van der Waals surface area contributed by atoms with Crippen LogP contribution in [0.15, 0.2) is 29.9 Å². The Morgan fingerprint density at radius 3 is 2.85 bits per heavy atom. The Labute approximate surface area is 79.3 Å². The summed E-state index contributed by atoms with van der Waals surface area (Å²) in [6, 6.07) is 0. The van der Waals surface area contributed by atoms with Crippen LogP contribution in [-0.2, 0) is 4.79 Å². The summed E-state index contributed by atoms with van der Waals surface area (Å²) >= 11 is 0. The van der Waals surface area contributed by atoms with Crippen molar-refractivity contribution in [2.45, 2.75) is 19.8 Å². The van der Waals surface area contributed by atoms with Gasteiger partial charge in [-0.25, -0.2) is 0 Å². The van der Waals surface area contributed by atoms with Crippen molar-refractivity contribution in [3.05, 3.63) is 24.9 Å². The Hall–Kier alpha value is -1.38. The minimum absolute atomic E-state index is 0.0393. The van der Waals surface area contributed by atoms with Crippen LogP contribution in [0, 0.1) is 0 Å². The number of amides is 1. The largest absolute Gasteiger partial charge is 0.350 e. The van der Waals surface area contributed by atoms with Crippen LogP contribution in [0.4, 0.5) is 0 Å². The van der Waals surface area contributed by atoms with E-state index in [1.54, 1.807) is 12.3 Å². The lowest BCUT2D eigenvalue weighted by Crippen LogP contribution is -2.24. The van der Waals surface area contributed by atoms with Gasteiger partial charge in [0.1, 0.15) is 0 Å². The summed E-state index contributed by atoms with van der Waals surface area (Å²) in [5.74, 6) is 0.0393. The first kappa shape index (κ1) is 11.6. The molecule has 1 N–H and O–H groups in total. The van der Waals surface area contributed by atoms with Crippen molar-refractivity contribution in [1.29, 1.82) is 0 Å². The van der Waals surface area contributed by atoms with E-state index >= 15 is 0 Å². The number of carbonyl (C=O) groups excluding carboxylic acids is 1. The Morgan fingerprint density at radius 1 is 1.62 bits per heavy atom. The fourth-order valence-corrected chi connectivity index (χ4v) is 0.720. The zero-order valence-corrected chi connectivity index (χ0v) is 8.05. The highest BCUT2D eigenvalue weighted by Crippen LogP contribution is 1.90. The molecule has 0 aliphatic rings. The zero-order valence-electron chi connectivity index (χ0n) is 8.05. The molecule has 0 saturated heterocycles. The molecule has 0 bridgehead atoms. The van der Waals surface area contributed by atoms with Crippen LogP contribution in [0.1, 0.15) is 19.8 Å². The molecule has 0 aromatic heterocycles. The molecule has 0 atom stereocenters. The lowest BCUT2D eigenvalue weighted by molar-refractivity contribution is -0.120. The second-order valence-electron chi connectivity index (χ2n) is 2.61. The molecular weight excluding hydrogens is 164 g/mol. The predicted octanol–water partition coefficient (Wildman–Crippen LogP) is 1.67. The maximum Gasteiger partial charge on any atom is 0.220 e. The lowest BCUT2D eigenvalue weighted by atomic mass is 10.3. The van der Waals surface area contributed by atoms with Crippen molar-refractivity contribution < 1.29 is 4.79 Å². The van der Waals surface area contributed by atoms with E-state index in [-0.39, 0.29) is 5.91 Å². The first-order valence-electron chi connectivity index (χ1n) is 4.30. The van der Waals surface area contributed by atoms with Gasteiger partial charge < -0.3 is 5.32 Å². The van der Waals surface area contributed by atoms with E-state index in [0.717, 1.165) is 6.42 Å². The van der Waals surface area contributed by atoms with Crippen molar-refractivity contribution in [2.24, 2.45) is 4.99 Å². The van der Waals surface area contributed by atoms with Gasteiger partial charge in [0.05, 0.1) is 12.2 Å². The highest BCUT2D eigenvalue weighted by atomic mass is 16.1. The molecule has 1 amide bonds. The fraction of sp³-hybridized carbons (Fsp3) is 0.400. The fourth-order valence-electron chi connectivity index (χ4n) is 0.720. The van der Waals surface area contributed by atoms with Gasteiger partial charge in [-0.1, -0.05) is 26.2 Å².